The number of imide groups is 1. The van der Waals surface area contributed by atoms with Crippen molar-refractivity contribution in [2.45, 2.75) is 53.0 Å². The summed E-state index contributed by atoms with van der Waals surface area (Å²) in [6.07, 6.45) is 3.33. The van der Waals surface area contributed by atoms with E-state index in [2.05, 4.69) is 66.0 Å². The molecule has 0 unspecified atom stereocenters. The number of primary amides is 1. The molecule has 0 aliphatic carbocycles. The predicted octanol–water partition coefficient (Wildman–Crippen LogP) is 6.01. The lowest BCUT2D eigenvalue weighted by molar-refractivity contribution is -0.120. The first-order valence-electron chi connectivity index (χ1n) is 21.6. The van der Waals surface area contributed by atoms with E-state index in [-0.39, 0.29) is 17.8 Å². The van der Waals surface area contributed by atoms with E-state index in [0.717, 1.165) is 98.8 Å². The number of nitrogens with zero attached hydrogens (tertiary/aromatic N) is 7. The number of nitrogens with two attached hydrogens (primary N) is 1. The number of aromatic nitrogens is 3. The number of benzene rings is 3. The number of carbonyl (C=O) groups is 4. The van der Waals surface area contributed by atoms with Crippen LogP contribution in [0.5, 0.6) is 0 Å². The van der Waals surface area contributed by atoms with Gasteiger partial charge in [-0.05, 0) is 129 Å². The molecule has 0 spiro atoms. The van der Waals surface area contributed by atoms with Crippen LogP contribution in [-0.2, 0) is 17.8 Å². The van der Waals surface area contributed by atoms with Crippen LogP contribution in [-0.4, -0.2) is 95.8 Å². The van der Waals surface area contributed by atoms with E-state index in [4.69, 9.17) is 10.8 Å². The maximum atomic E-state index is 13.2. The second-order valence-electron chi connectivity index (χ2n) is 17.0. The van der Waals surface area contributed by atoms with Crippen molar-refractivity contribution in [1.82, 2.24) is 25.0 Å². The third kappa shape index (κ3) is 8.44. The van der Waals surface area contributed by atoms with Crippen LogP contribution >= 0.6 is 0 Å². The number of fused-ring (bicyclic) bond motifs is 2. The second-order valence-corrected chi connectivity index (χ2v) is 17.0. The van der Waals surface area contributed by atoms with Crippen LogP contribution in [0, 0.1) is 26.7 Å². The van der Waals surface area contributed by atoms with Crippen LogP contribution in [0.2, 0.25) is 0 Å². The molecule has 62 heavy (non-hydrogen) atoms. The fourth-order valence-electron chi connectivity index (χ4n) is 9.38. The Hall–Kier alpha value is -6.74. The van der Waals surface area contributed by atoms with Crippen LogP contribution in [0.1, 0.15) is 62.4 Å². The van der Waals surface area contributed by atoms with Crippen molar-refractivity contribution in [3.8, 4) is 11.3 Å². The third-order valence-electron chi connectivity index (χ3n) is 12.7. The molecular weight excluding hydrogens is 783 g/mol. The van der Waals surface area contributed by atoms with E-state index >= 15 is 0 Å². The molecule has 3 aromatic carbocycles. The zero-order valence-corrected chi connectivity index (χ0v) is 35.5. The van der Waals surface area contributed by atoms with Gasteiger partial charge in [0.2, 0.25) is 5.91 Å². The van der Waals surface area contributed by atoms with E-state index < -0.39 is 5.91 Å². The first-order chi connectivity index (χ1) is 29.9. The van der Waals surface area contributed by atoms with Crippen LogP contribution < -0.4 is 36.4 Å². The van der Waals surface area contributed by atoms with Gasteiger partial charge in [0.1, 0.15) is 22.9 Å². The third-order valence-corrected chi connectivity index (χ3v) is 12.7. The first-order valence-corrected chi connectivity index (χ1v) is 21.6. The van der Waals surface area contributed by atoms with Crippen molar-refractivity contribution in [1.29, 1.82) is 0 Å². The van der Waals surface area contributed by atoms with Gasteiger partial charge in [0.05, 0.1) is 0 Å². The molecule has 3 saturated heterocycles. The molecule has 4 aliphatic rings. The average Bonchev–Trinajstić information content (AvgIpc) is 3.52. The molecule has 5 N–H and O–H groups in total. The van der Waals surface area contributed by atoms with Gasteiger partial charge in [-0.1, -0.05) is 6.07 Å². The topological polar surface area (TPSA) is 174 Å². The summed E-state index contributed by atoms with van der Waals surface area (Å²) in [5, 5.41) is 13.7. The molecule has 2 aromatic heterocycles. The summed E-state index contributed by atoms with van der Waals surface area (Å²) in [5.41, 5.74) is 15.9. The molecule has 15 nitrogen and oxygen atoms in total. The molecule has 0 saturated carbocycles. The van der Waals surface area contributed by atoms with E-state index in [1.807, 2.05) is 61.9 Å². The number of amides is 5. The van der Waals surface area contributed by atoms with Gasteiger partial charge in [0.25, 0.3) is 11.8 Å². The van der Waals surface area contributed by atoms with Crippen LogP contribution in [0.25, 0.3) is 11.3 Å². The van der Waals surface area contributed by atoms with Crippen molar-refractivity contribution < 1.29 is 19.2 Å². The number of anilines is 6. The number of urea groups is 1. The van der Waals surface area contributed by atoms with Crippen molar-refractivity contribution in [2.24, 2.45) is 11.7 Å². The fraction of sp³-hybridized carbons (Fsp3) is 0.362. The van der Waals surface area contributed by atoms with Gasteiger partial charge in [-0.25, -0.2) is 14.5 Å². The monoisotopic (exact) mass is 835 g/mol. The lowest BCUT2D eigenvalue weighted by Gasteiger charge is -2.40. The van der Waals surface area contributed by atoms with E-state index in [9.17, 15) is 19.2 Å². The van der Waals surface area contributed by atoms with Crippen molar-refractivity contribution in [3.05, 3.63) is 106 Å². The van der Waals surface area contributed by atoms with E-state index in [1.54, 1.807) is 11.0 Å². The minimum atomic E-state index is -0.575. The smallest absolute Gasteiger partial charge is 0.328 e. The Bertz CT molecular complexity index is 2530. The summed E-state index contributed by atoms with van der Waals surface area (Å²) in [4.78, 5) is 63.6. The number of aryl methyl sites for hydroxylation is 5. The number of rotatable bonds is 9. The molecule has 15 heteroatoms. The van der Waals surface area contributed by atoms with Gasteiger partial charge in [-0.2, -0.15) is 5.10 Å². The van der Waals surface area contributed by atoms with Crippen molar-refractivity contribution in [3.63, 3.8) is 0 Å². The van der Waals surface area contributed by atoms with E-state index in [1.165, 1.54) is 11.4 Å². The maximum Gasteiger partial charge on any atom is 0.328 e. The molecule has 0 radical (unpaired) electrons. The molecule has 9 rings (SSSR count). The SMILES string of the molecule is Cc1cc(C)nc(NC(=O)c2ccc(-c3nn4c(c3C(N)=O)Nc3ccc(N5CCN(CC6CCN(c7ccc(N8CCC(=O)NC8=O)cc7)CC6)CC5)cc3CC4)cc2C)c1. The summed E-state index contributed by atoms with van der Waals surface area (Å²) in [5.74, 6) is 0.667. The number of hydrogen-bond donors (Lipinski definition) is 4. The quantitative estimate of drug-likeness (QED) is 0.138. The van der Waals surface area contributed by atoms with Crippen molar-refractivity contribution >= 4 is 58.1 Å². The van der Waals surface area contributed by atoms with Gasteiger partial charge < -0.3 is 26.2 Å². The minimum absolute atomic E-state index is 0.224. The van der Waals surface area contributed by atoms with Gasteiger partial charge in [0, 0.05) is 105 Å². The lowest BCUT2D eigenvalue weighted by Crippen LogP contribution is -2.49. The summed E-state index contributed by atoms with van der Waals surface area (Å²) in [6.45, 7) is 13.8. The summed E-state index contributed by atoms with van der Waals surface area (Å²) >= 11 is 0. The first kappa shape index (κ1) is 40.7. The highest BCUT2D eigenvalue weighted by atomic mass is 16.2. The maximum absolute atomic E-state index is 13.2. The zero-order valence-electron chi connectivity index (χ0n) is 35.5. The van der Waals surface area contributed by atoms with Gasteiger partial charge in [-0.3, -0.25) is 29.5 Å². The summed E-state index contributed by atoms with van der Waals surface area (Å²) < 4.78 is 1.83. The average molecular weight is 836 g/mol. The number of piperazine rings is 1. The van der Waals surface area contributed by atoms with Gasteiger partial charge in [-0.15, -0.1) is 0 Å². The molecule has 3 fully saturated rings. The largest absolute Gasteiger partial charge is 0.372 e. The predicted molar refractivity (Wildman–Crippen MR) is 242 cm³/mol. The number of carbonyl (C=O) groups excluding carboxylic acids is 4. The summed E-state index contributed by atoms with van der Waals surface area (Å²) in [7, 11) is 0. The van der Waals surface area contributed by atoms with E-state index in [0.29, 0.717) is 59.4 Å². The molecule has 0 bridgehead atoms. The minimum Gasteiger partial charge on any atom is -0.372 e. The lowest BCUT2D eigenvalue weighted by atomic mass is 9.95. The number of piperidine rings is 1. The molecular formula is C47H53N11O4. The zero-order chi connectivity index (χ0) is 43.1. The standard InChI is InChI=1S/C47H53N11O4/c1-29-24-31(3)49-40(25-29)51-46(61)38-10-4-34(26-30(38)2)43-42(44(48)60)45-50-39-11-9-37(27-33(39)14-19-58(45)53-43)56-22-20-54(21-23-56)28-32-12-16-55(17-13-32)35-5-7-36(8-6-35)57-18-15-41(59)52-47(57)62/h4-11,24-27,32,50H,12-23,28H2,1-3H3,(H2,48,60)(H,49,51,61)(H,52,59,62). The fourth-order valence-corrected chi connectivity index (χ4v) is 9.38. The Balaban J connectivity index is 0.792. The number of nitrogens with one attached hydrogen (secondary N) is 3. The molecule has 4 aliphatic heterocycles. The van der Waals surface area contributed by atoms with Gasteiger partial charge in [0.15, 0.2) is 0 Å². The Kier molecular flexibility index (Phi) is 11.1. The molecule has 5 amide bonds. The number of hydrogen-bond acceptors (Lipinski definition) is 10. The Morgan fingerprint density at radius 3 is 2.21 bits per heavy atom. The normalized spacial score (nSPS) is 17.2. The highest BCUT2D eigenvalue weighted by Crippen LogP contribution is 2.37. The molecule has 5 aromatic rings. The molecule has 320 valence electrons. The van der Waals surface area contributed by atoms with Crippen LogP contribution in [0.15, 0.2) is 72.8 Å². The van der Waals surface area contributed by atoms with Crippen molar-refractivity contribution in [2.75, 3.05) is 77.7 Å². The van der Waals surface area contributed by atoms with Crippen LogP contribution in [0.3, 0.4) is 0 Å². The highest BCUT2D eigenvalue weighted by molar-refractivity contribution is 6.07. The van der Waals surface area contributed by atoms with Crippen LogP contribution in [0.4, 0.5) is 39.2 Å². The molecule has 6 heterocycles. The number of pyridine rings is 1. The summed E-state index contributed by atoms with van der Waals surface area (Å²) in [6, 6.07) is 23.5. The Morgan fingerprint density at radius 1 is 0.774 bits per heavy atom. The second kappa shape index (κ2) is 17.0. The Labute approximate surface area is 361 Å². The van der Waals surface area contributed by atoms with Gasteiger partial charge >= 0.3 is 6.03 Å². The molecule has 0 atom stereocenters. The Morgan fingerprint density at radius 2 is 1.50 bits per heavy atom. The highest BCUT2D eigenvalue weighted by Gasteiger charge is 2.29.